The molecule has 0 bridgehead atoms. The number of ether oxygens (including phenoxy) is 2. The number of rotatable bonds is 3. The molecule has 0 amide bonds. The Morgan fingerprint density at radius 3 is 2.86 bits per heavy atom. The zero-order valence-corrected chi connectivity index (χ0v) is 8.45. The van der Waals surface area contributed by atoms with Gasteiger partial charge in [-0.25, -0.2) is 0 Å². The smallest absolute Gasteiger partial charge is 0.0892 e. The van der Waals surface area contributed by atoms with Crippen LogP contribution in [0.1, 0.15) is 19.3 Å². The highest BCUT2D eigenvalue weighted by Gasteiger charge is 2.45. The van der Waals surface area contributed by atoms with Crippen molar-refractivity contribution in [3.63, 3.8) is 0 Å². The van der Waals surface area contributed by atoms with Crippen molar-refractivity contribution >= 4 is 0 Å². The van der Waals surface area contributed by atoms with Gasteiger partial charge in [-0.15, -0.1) is 0 Å². The van der Waals surface area contributed by atoms with Crippen LogP contribution in [0.5, 0.6) is 0 Å². The highest BCUT2D eigenvalue weighted by molar-refractivity contribution is 4.95. The Morgan fingerprint density at radius 1 is 1.50 bits per heavy atom. The first-order chi connectivity index (χ1) is 6.78. The van der Waals surface area contributed by atoms with Crippen LogP contribution in [0.25, 0.3) is 0 Å². The molecule has 82 valence electrons. The first-order valence-corrected chi connectivity index (χ1v) is 5.36. The molecule has 0 saturated carbocycles. The summed E-state index contributed by atoms with van der Waals surface area (Å²) >= 11 is 0. The lowest BCUT2D eigenvalue weighted by molar-refractivity contribution is -0.0732. The Kier molecular flexibility index (Phi) is 3.07. The summed E-state index contributed by atoms with van der Waals surface area (Å²) in [5.41, 5.74) is 5.49. The quantitative estimate of drug-likeness (QED) is 0.669. The fourth-order valence-electron chi connectivity index (χ4n) is 2.38. The van der Waals surface area contributed by atoms with E-state index in [4.69, 9.17) is 15.2 Å². The molecule has 2 aliphatic rings. The van der Waals surface area contributed by atoms with Crippen molar-refractivity contribution in [3.8, 4) is 0 Å². The van der Waals surface area contributed by atoms with E-state index in [0.29, 0.717) is 19.8 Å². The van der Waals surface area contributed by atoms with E-state index in [1.165, 1.54) is 0 Å². The van der Waals surface area contributed by atoms with Crippen LogP contribution < -0.4 is 5.73 Å². The molecule has 2 aliphatic heterocycles. The second kappa shape index (κ2) is 4.14. The maximum absolute atomic E-state index is 10.2. The zero-order valence-electron chi connectivity index (χ0n) is 8.45. The van der Waals surface area contributed by atoms with Gasteiger partial charge in [-0.3, -0.25) is 0 Å². The molecule has 3 atom stereocenters. The van der Waals surface area contributed by atoms with E-state index in [1.807, 2.05) is 0 Å². The monoisotopic (exact) mass is 201 g/mol. The van der Waals surface area contributed by atoms with Crippen molar-refractivity contribution in [1.82, 2.24) is 0 Å². The van der Waals surface area contributed by atoms with E-state index in [-0.39, 0.29) is 11.5 Å². The van der Waals surface area contributed by atoms with Crippen LogP contribution in [0, 0.1) is 5.41 Å². The van der Waals surface area contributed by atoms with Crippen LogP contribution >= 0.6 is 0 Å². The van der Waals surface area contributed by atoms with Crippen molar-refractivity contribution < 1.29 is 14.6 Å². The number of aliphatic hydroxyl groups is 1. The number of hydrogen-bond acceptors (Lipinski definition) is 4. The predicted octanol–water partition coefficient (Wildman–Crippen LogP) is -0.108. The van der Waals surface area contributed by atoms with Gasteiger partial charge in [0.2, 0.25) is 0 Å². The Labute approximate surface area is 84.4 Å². The van der Waals surface area contributed by atoms with Crippen LogP contribution in [0.3, 0.4) is 0 Å². The Balaban J connectivity index is 2.02. The third-order valence-electron chi connectivity index (χ3n) is 3.48. The normalized spacial score (nSPS) is 40.3. The third kappa shape index (κ3) is 1.67. The fraction of sp³-hybridized carbons (Fsp3) is 1.00. The molecule has 0 aromatic carbocycles. The molecule has 0 spiro atoms. The van der Waals surface area contributed by atoms with Crippen LogP contribution in [-0.2, 0) is 9.47 Å². The van der Waals surface area contributed by atoms with Crippen LogP contribution in [0.4, 0.5) is 0 Å². The minimum absolute atomic E-state index is 0.0275. The van der Waals surface area contributed by atoms with E-state index in [0.717, 1.165) is 25.9 Å². The Hall–Kier alpha value is -0.160. The second-order valence-corrected chi connectivity index (χ2v) is 4.37. The third-order valence-corrected chi connectivity index (χ3v) is 3.48. The summed E-state index contributed by atoms with van der Waals surface area (Å²) in [5, 5.41) is 10.2. The van der Waals surface area contributed by atoms with Crippen LogP contribution in [0.15, 0.2) is 0 Å². The molecule has 3 N–H and O–H groups in total. The molecule has 4 heteroatoms. The van der Waals surface area contributed by atoms with Gasteiger partial charge >= 0.3 is 0 Å². The molecule has 0 aromatic heterocycles. The van der Waals surface area contributed by atoms with Gasteiger partial charge in [0.1, 0.15) is 0 Å². The molecular weight excluding hydrogens is 182 g/mol. The molecule has 0 aliphatic carbocycles. The maximum Gasteiger partial charge on any atom is 0.0892 e. The van der Waals surface area contributed by atoms with Gasteiger partial charge in [0, 0.05) is 25.2 Å². The second-order valence-electron chi connectivity index (χ2n) is 4.37. The average Bonchev–Trinajstić information content (AvgIpc) is 2.89. The molecular formula is C10H19NO3. The van der Waals surface area contributed by atoms with E-state index in [9.17, 15) is 5.11 Å². The summed E-state index contributed by atoms with van der Waals surface area (Å²) in [4.78, 5) is 0. The van der Waals surface area contributed by atoms with Crippen molar-refractivity contribution in [1.29, 1.82) is 0 Å². The van der Waals surface area contributed by atoms with Gasteiger partial charge in [-0.1, -0.05) is 0 Å². The lowest BCUT2D eigenvalue weighted by Gasteiger charge is -2.34. The minimum Gasteiger partial charge on any atom is -0.390 e. The summed E-state index contributed by atoms with van der Waals surface area (Å²) in [6, 6.07) is 0. The summed E-state index contributed by atoms with van der Waals surface area (Å²) in [6.45, 7) is 2.53. The molecule has 2 saturated heterocycles. The lowest BCUT2D eigenvalue weighted by atomic mass is 9.78. The molecule has 2 rings (SSSR count). The van der Waals surface area contributed by atoms with Crippen LogP contribution in [-0.4, -0.2) is 43.7 Å². The molecule has 2 fully saturated rings. The first kappa shape index (κ1) is 10.4. The SMILES string of the molecule is NCC1(C(O)C2CCCO2)CCOC1. The Bertz CT molecular complexity index is 186. The predicted molar refractivity (Wildman–Crippen MR) is 51.9 cm³/mol. The molecule has 14 heavy (non-hydrogen) atoms. The topological polar surface area (TPSA) is 64.7 Å². The number of hydrogen-bond donors (Lipinski definition) is 2. The number of aliphatic hydroxyl groups excluding tert-OH is 1. The summed E-state index contributed by atoms with van der Waals surface area (Å²) in [5.74, 6) is 0. The summed E-state index contributed by atoms with van der Waals surface area (Å²) in [6.07, 6.45) is 2.36. The number of nitrogens with two attached hydrogens (primary N) is 1. The van der Waals surface area contributed by atoms with Gasteiger partial charge in [-0.05, 0) is 19.3 Å². The largest absolute Gasteiger partial charge is 0.390 e. The van der Waals surface area contributed by atoms with Gasteiger partial charge in [0.25, 0.3) is 0 Å². The van der Waals surface area contributed by atoms with Gasteiger partial charge in [-0.2, -0.15) is 0 Å². The molecule has 0 aromatic rings. The van der Waals surface area contributed by atoms with Gasteiger partial charge in [0.15, 0.2) is 0 Å². The summed E-state index contributed by atoms with van der Waals surface area (Å²) < 4.78 is 10.8. The van der Waals surface area contributed by atoms with E-state index in [1.54, 1.807) is 0 Å². The standard InChI is InChI=1S/C10H19NO3/c11-6-10(3-5-13-7-10)9(12)8-2-1-4-14-8/h8-9,12H,1-7,11H2. The molecule has 2 heterocycles. The van der Waals surface area contributed by atoms with E-state index in [2.05, 4.69) is 0 Å². The Morgan fingerprint density at radius 2 is 2.36 bits per heavy atom. The van der Waals surface area contributed by atoms with Crippen LogP contribution in [0.2, 0.25) is 0 Å². The van der Waals surface area contributed by atoms with Gasteiger partial charge in [0.05, 0.1) is 18.8 Å². The maximum atomic E-state index is 10.2. The van der Waals surface area contributed by atoms with Crippen molar-refractivity contribution in [2.45, 2.75) is 31.5 Å². The molecule has 3 unspecified atom stereocenters. The van der Waals surface area contributed by atoms with E-state index < -0.39 is 6.10 Å². The summed E-state index contributed by atoms with van der Waals surface area (Å²) in [7, 11) is 0. The first-order valence-electron chi connectivity index (χ1n) is 5.36. The fourth-order valence-corrected chi connectivity index (χ4v) is 2.38. The lowest BCUT2D eigenvalue weighted by Crippen LogP contribution is -2.48. The highest BCUT2D eigenvalue weighted by atomic mass is 16.5. The van der Waals surface area contributed by atoms with Crippen molar-refractivity contribution in [2.75, 3.05) is 26.4 Å². The van der Waals surface area contributed by atoms with Crippen molar-refractivity contribution in [2.24, 2.45) is 11.1 Å². The zero-order chi connectivity index (χ0) is 10.0. The minimum atomic E-state index is -0.461. The van der Waals surface area contributed by atoms with Gasteiger partial charge < -0.3 is 20.3 Å². The molecule has 0 radical (unpaired) electrons. The van der Waals surface area contributed by atoms with Crippen molar-refractivity contribution in [3.05, 3.63) is 0 Å². The average molecular weight is 201 g/mol. The highest BCUT2D eigenvalue weighted by Crippen LogP contribution is 2.36. The van der Waals surface area contributed by atoms with E-state index >= 15 is 0 Å². The molecule has 4 nitrogen and oxygen atoms in total.